The first kappa shape index (κ1) is 13.6. The molecule has 0 saturated heterocycles. The third-order valence-electron chi connectivity index (χ3n) is 2.89. The van der Waals surface area contributed by atoms with Gasteiger partial charge < -0.3 is 9.72 Å². The van der Waals surface area contributed by atoms with Crippen LogP contribution in [-0.4, -0.2) is 17.1 Å². The first-order chi connectivity index (χ1) is 7.48. The number of methoxy groups -OCH3 is 1. The first-order valence-corrected chi connectivity index (χ1v) is 6.40. The highest BCUT2D eigenvalue weighted by Gasteiger charge is 2.27. The number of hydrogen-bond acceptors (Lipinski definition) is 3. The summed E-state index contributed by atoms with van der Waals surface area (Å²) in [5, 5.41) is 0. The Bertz CT molecular complexity index is 424. The Labute approximate surface area is 109 Å². The lowest BCUT2D eigenvalue weighted by atomic mass is 10.0. The molecule has 90 valence electrons. The number of aromatic nitrogens is 2. The second-order valence-electron chi connectivity index (χ2n) is 3.82. The monoisotopic (exact) mass is 336 g/mol. The lowest BCUT2D eigenvalue weighted by molar-refractivity contribution is -0.00939. The van der Waals surface area contributed by atoms with Crippen molar-refractivity contribution in [2.24, 2.45) is 0 Å². The standard InChI is InChI=1S/C11H17IN2O2/c1-5-7-8(12)9(15)14-10(13-7)11(3,6-2)16-4/h5-6H2,1-4H3,(H,13,14,15). The van der Waals surface area contributed by atoms with E-state index in [0.29, 0.717) is 9.39 Å². The van der Waals surface area contributed by atoms with Gasteiger partial charge in [-0.25, -0.2) is 4.98 Å². The van der Waals surface area contributed by atoms with E-state index in [2.05, 4.69) is 9.97 Å². The predicted molar refractivity (Wildman–Crippen MR) is 71.6 cm³/mol. The third kappa shape index (κ3) is 2.45. The number of ether oxygens (including phenoxy) is 1. The van der Waals surface area contributed by atoms with Crippen molar-refractivity contribution in [3.63, 3.8) is 0 Å². The van der Waals surface area contributed by atoms with Gasteiger partial charge in [0, 0.05) is 7.11 Å². The summed E-state index contributed by atoms with van der Waals surface area (Å²) in [4.78, 5) is 19.0. The third-order valence-corrected chi connectivity index (χ3v) is 4.00. The number of aryl methyl sites for hydroxylation is 1. The smallest absolute Gasteiger partial charge is 0.264 e. The van der Waals surface area contributed by atoms with Crippen LogP contribution in [0.15, 0.2) is 4.79 Å². The molecule has 1 atom stereocenters. The molecule has 0 amide bonds. The molecule has 0 aliphatic carbocycles. The SMILES string of the molecule is CCc1nc(C(C)(CC)OC)[nH]c(=O)c1I. The van der Waals surface area contributed by atoms with E-state index in [9.17, 15) is 4.79 Å². The molecule has 0 saturated carbocycles. The molecule has 0 aliphatic rings. The van der Waals surface area contributed by atoms with E-state index in [1.54, 1.807) is 7.11 Å². The fourth-order valence-electron chi connectivity index (χ4n) is 1.40. The summed E-state index contributed by atoms with van der Waals surface area (Å²) >= 11 is 2.03. The van der Waals surface area contributed by atoms with Gasteiger partial charge in [0.25, 0.3) is 5.56 Å². The van der Waals surface area contributed by atoms with Gasteiger partial charge in [-0.2, -0.15) is 0 Å². The fourth-order valence-corrected chi connectivity index (χ4v) is 2.04. The molecule has 1 rings (SSSR count). The van der Waals surface area contributed by atoms with Crippen LogP contribution in [0.4, 0.5) is 0 Å². The van der Waals surface area contributed by atoms with Crippen LogP contribution >= 0.6 is 22.6 Å². The van der Waals surface area contributed by atoms with Crippen molar-refractivity contribution in [3.05, 3.63) is 25.4 Å². The van der Waals surface area contributed by atoms with E-state index in [1.165, 1.54) is 0 Å². The Kier molecular flexibility index (Phi) is 4.49. The molecule has 0 aromatic carbocycles. The summed E-state index contributed by atoms with van der Waals surface area (Å²) in [5.41, 5.74) is 0.225. The minimum absolute atomic E-state index is 0.0841. The number of rotatable bonds is 4. The van der Waals surface area contributed by atoms with Crippen molar-refractivity contribution in [1.29, 1.82) is 0 Å². The van der Waals surface area contributed by atoms with E-state index < -0.39 is 5.60 Å². The number of halogens is 1. The lowest BCUT2D eigenvalue weighted by Crippen LogP contribution is -2.31. The summed E-state index contributed by atoms with van der Waals surface area (Å²) in [6.45, 7) is 5.93. The zero-order valence-electron chi connectivity index (χ0n) is 10.1. The molecule has 16 heavy (non-hydrogen) atoms. The number of aromatic amines is 1. The quantitative estimate of drug-likeness (QED) is 0.858. The van der Waals surface area contributed by atoms with Gasteiger partial charge in [0.05, 0.1) is 9.26 Å². The lowest BCUT2D eigenvalue weighted by Gasteiger charge is -2.25. The van der Waals surface area contributed by atoms with Gasteiger partial charge in [-0.05, 0) is 42.4 Å². The molecule has 0 spiro atoms. The molecule has 0 aliphatic heterocycles. The molecule has 1 unspecified atom stereocenters. The van der Waals surface area contributed by atoms with Crippen LogP contribution in [0.1, 0.15) is 38.7 Å². The molecule has 1 aromatic rings. The van der Waals surface area contributed by atoms with Crippen LogP contribution < -0.4 is 5.56 Å². The summed E-state index contributed by atoms with van der Waals surface area (Å²) in [6.07, 6.45) is 1.51. The number of hydrogen-bond donors (Lipinski definition) is 1. The van der Waals surface area contributed by atoms with E-state index >= 15 is 0 Å². The van der Waals surface area contributed by atoms with Crippen molar-refractivity contribution in [2.45, 2.75) is 39.2 Å². The van der Waals surface area contributed by atoms with E-state index in [1.807, 2.05) is 43.4 Å². The topological polar surface area (TPSA) is 55.0 Å². The van der Waals surface area contributed by atoms with Gasteiger partial charge in [0.15, 0.2) is 0 Å². The summed E-state index contributed by atoms with van der Waals surface area (Å²) in [5.74, 6) is 0.611. The zero-order chi connectivity index (χ0) is 12.3. The molecule has 0 radical (unpaired) electrons. The van der Waals surface area contributed by atoms with E-state index in [4.69, 9.17) is 4.74 Å². The minimum Gasteiger partial charge on any atom is -0.371 e. The molecule has 1 heterocycles. The van der Waals surface area contributed by atoms with Gasteiger partial charge in [0.2, 0.25) is 0 Å². The second-order valence-corrected chi connectivity index (χ2v) is 4.90. The average molecular weight is 336 g/mol. The zero-order valence-corrected chi connectivity index (χ0v) is 12.2. The van der Waals surface area contributed by atoms with Crippen LogP contribution in [0.3, 0.4) is 0 Å². The minimum atomic E-state index is -0.520. The molecule has 0 fully saturated rings. The molecule has 0 bridgehead atoms. The predicted octanol–water partition coefficient (Wildman–Crippen LogP) is 2.21. The van der Waals surface area contributed by atoms with Crippen molar-refractivity contribution in [1.82, 2.24) is 9.97 Å². The van der Waals surface area contributed by atoms with Crippen LogP contribution in [-0.2, 0) is 16.8 Å². The van der Waals surface area contributed by atoms with E-state index in [-0.39, 0.29) is 5.56 Å². The van der Waals surface area contributed by atoms with Crippen molar-refractivity contribution in [3.8, 4) is 0 Å². The summed E-state index contributed by atoms with van der Waals surface area (Å²) < 4.78 is 6.10. The normalized spacial score (nSPS) is 14.8. The number of nitrogens with one attached hydrogen (secondary N) is 1. The highest BCUT2D eigenvalue weighted by Crippen LogP contribution is 2.24. The van der Waals surface area contributed by atoms with Gasteiger partial charge >= 0.3 is 0 Å². The van der Waals surface area contributed by atoms with Gasteiger partial charge in [0.1, 0.15) is 11.4 Å². The van der Waals surface area contributed by atoms with Crippen molar-refractivity contribution < 1.29 is 4.74 Å². The Morgan fingerprint density at radius 3 is 2.56 bits per heavy atom. The average Bonchev–Trinajstić information content (AvgIpc) is 2.31. The first-order valence-electron chi connectivity index (χ1n) is 5.32. The largest absolute Gasteiger partial charge is 0.371 e. The Morgan fingerprint density at radius 2 is 2.12 bits per heavy atom. The Balaban J connectivity index is 3.36. The van der Waals surface area contributed by atoms with E-state index in [0.717, 1.165) is 18.5 Å². The van der Waals surface area contributed by atoms with Crippen molar-refractivity contribution in [2.75, 3.05) is 7.11 Å². The molecular weight excluding hydrogens is 319 g/mol. The summed E-state index contributed by atoms with van der Waals surface area (Å²) in [6, 6.07) is 0. The molecule has 5 heteroatoms. The summed E-state index contributed by atoms with van der Waals surface area (Å²) in [7, 11) is 1.63. The maximum atomic E-state index is 11.7. The Morgan fingerprint density at radius 1 is 1.50 bits per heavy atom. The highest BCUT2D eigenvalue weighted by atomic mass is 127. The van der Waals surface area contributed by atoms with Gasteiger partial charge in [-0.3, -0.25) is 4.79 Å². The van der Waals surface area contributed by atoms with Gasteiger partial charge in [-0.15, -0.1) is 0 Å². The molecular formula is C11H17IN2O2. The maximum absolute atomic E-state index is 11.7. The number of H-pyrrole nitrogens is 1. The van der Waals surface area contributed by atoms with Crippen molar-refractivity contribution >= 4 is 22.6 Å². The maximum Gasteiger partial charge on any atom is 0.264 e. The molecule has 1 aromatic heterocycles. The Hall–Kier alpha value is -0.430. The van der Waals surface area contributed by atoms with Crippen LogP contribution in [0.2, 0.25) is 0 Å². The van der Waals surface area contributed by atoms with Crippen LogP contribution in [0.5, 0.6) is 0 Å². The van der Waals surface area contributed by atoms with Crippen LogP contribution in [0, 0.1) is 3.57 Å². The number of nitrogens with zero attached hydrogens (tertiary/aromatic N) is 1. The highest BCUT2D eigenvalue weighted by molar-refractivity contribution is 14.1. The molecule has 1 N–H and O–H groups in total. The second kappa shape index (κ2) is 5.27. The molecule has 4 nitrogen and oxygen atoms in total. The van der Waals surface area contributed by atoms with Gasteiger partial charge in [-0.1, -0.05) is 13.8 Å². The fraction of sp³-hybridized carbons (Fsp3) is 0.636. The van der Waals surface area contributed by atoms with Crippen LogP contribution in [0.25, 0.3) is 0 Å².